The number of aryl methyl sites for hydroxylation is 1. The van der Waals surface area contributed by atoms with E-state index >= 15 is 0 Å². The van der Waals surface area contributed by atoms with Crippen LogP contribution in [0.2, 0.25) is 0 Å². The summed E-state index contributed by atoms with van der Waals surface area (Å²) in [6, 6.07) is 10.2. The van der Waals surface area contributed by atoms with E-state index in [1.807, 2.05) is 18.2 Å². The minimum absolute atomic E-state index is 0.391. The smallest absolute Gasteiger partial charge is 0.407 e. The molecule has 1 aliphatic heterocycles. The number of hydrogen-bond acceptors (Lipinski definition) is 3. The number of carbonyl (C=O) groups is 1. The van der Waals surface area contributed by atoms with Gasteiger partial charge < -0.3 is 10.0 Å². The predicted octanol–water partition coefficient (Wildman–Crippen LogP) is 3.98. The molecule has 0 unspecified atom stereocenters. The number of hydrogen-bond donors (Lipinski definition) is 1. The molecule has 0 spiro atoms. The molecule has 0 atom stereocenters. The number of rotatable bonds is 2. The zero-order valence-corrected chi connectivity index (χ0v) is 12.8. The minimum atomic E-state index is -0.811. The lowest BCUT2D eigenvalue weighted by molar-refractivity contribution is 0.132. The molecule has 1 fully saturated rings. The molecule has 1 amide bonds. The molecule has 2 heterocycles. The number of benzene rings is 1. The van der Waals surface area contributed by atoms with Crippen LogP contribution in [0.1, 0.15) is 28.6 Å². The van der Waals surface area contributed by atoms with Crippen LogP contribution in [-0.2, 0) is 0 Å². The lowest BCUT2D eigenvalue weighted by Crippen LogP contribution is -2.36. The summed E-state index contributed by atoms with van der Waals surface area (Å²) in [5, 5.41) is 10.2. The van der Waals surface area contributed by atoms with Gasteiger partial charge >= 0.3 is 6.09 Å². The molecule has 0 radical (unpaired) electrons. The lowest BCUT2D eigenvalue weighted by Gasteiger charge is -2.28. The standard InChI is InChI=1S/C16H18N2O2S/c1-11-14(12-5-3-2-4-6-12)17-15(21-11)13-7-9-18(10-8-13)16(19)20/h2-6,13H,7-10H2,1H3,(H,19,20). The quantitative estimate of drug-likeness (QED) is 0.913. The van der Waals surface area contributed by atoms with Gasteiger partial charge in [0.15, 0.2) is 0 Å². The van der Waals surface area contributed by atoms with Crippen LogP contribution in [0.4, 0.5) is 4.79 Å². The van der Waals surface area contributed by atoms with Crippen molar-refractivity contribution in [2.45, 2.75) is 25.7 Å². The maximum atomic E-state index is 11.0. The topological polar surface area (TPSA) is 53.4 Å². The maximum Gasteiger partial charge on any atom is 0.407 e. The van der Waals surface area contributed by atoms with Gasteiger partial charge in [0.05, 0.1) is 10.7 Å². The van der Waals surface area contributed by atoms with E-state index in [1.54, 1.807) is 11.3 Å². The average molecular weight is 302 g/mol. The molecule has 1 saturated heterocycles. The van der Waals surface area contributed by atoms with Crippen LogP contribution >= 0.6 is 11.3 Å². The fourth-order valence-electron chi connectivity index (χ4n) is 2.77. The summed E-state index contributed by atoms with van der Waals surface area (Å²) in [4.78, 5) is 18.5. The van der Waals surface area contributed by atoms with E-state index in [4.69, 9.17) is 10.1 Å². The Hall–Kier alpha value is -1.88. The van der Waals surface area contributed by atoms with E-state index in [2.05, 4.69) is 19.1 Å². The van der Waals surface area contributed by atoms with E-state index in [1.165, 1.54) is 9.78 Å². The van der Waals surface area contributed by atoms with Gasteiger partial charge in [0.25, 0.3) is 0 Å². The Morgan fingerprint density at radius 3 is 2.57 bits per heavy atom. The van der Waals surface area contributed by atoms with Crippen molar-refractivity contribution in [2.75, 3.05) is 13.1 Å². The summed E-state index contributed by atoms with van der Waals surface area (Å²) < 4.78 is 0. The molecule has 1 aromatic heterocycles. The summed E-state index contributed by atoms with van der Waals surface area (Å²) >= 11 is 1.75. The van der Waals surface area contributed by atoms with Crippen LogP contribution in [0.15, 0.2) is 30.3 Å². The first-order valence-electron chi connectivity index (χ1n) is 7.16. The molecule has 3 rings (SSSR count). The Kier molecular flexibility index (Phi) is 3.92. The largest absolute Gasteiger partial charge is 0.465 e. The van der Waals surface area contributed by atoms with Crippen LogP contribution in [0.5, 0.6) is 0 Å². The van der Waals surface area contributed by atoms with E-state index in [9.17, 15) is 4.79 Å². The number of thiazole rings is 1. The van der Waals surface area contributed by atoms with Gasteiger partial charge in [-0.05, 0) is 19.8 Å². The normalized spacial score (nSPS) is 16.1. The first-order valence-corrected chi connectivity index (χ1v) is 7.97. The van der Waals surface area contributed by atoms with Gasteiger partial charge in [-0.2, -0.15) is 0 Å². The summed E-state index contributed by atoms with van der Waals surface area (Å²) in [7, 11) is 0. The van der Waals surface area contributed by atoms with Gasteiger partial charge in [-0.25, -0.2) is 9.78 Å². The van der Waals surface area contributed by atoms with Crippen molar-refractivity contribution >= 4 is 17.4 Å². The third kappa shape index (κ3) is 2.93. The van der Waals surface area contributed by atoms with Crippen LogP contribution in [-0.4, -0.2) is 34.2 Å². The molecule has 0 aliphatic carbocycles. The molecule has 0 saturated carbocycles. The van der Waals surface area contributed by atoms with Crippen LogP contribution in [0.25, 0.3) is 11.3 Å². The zero-order valence-electron chi connectivity index (χ0n) is 12.0. The van der Waals surface area contributed by atoms with Crippen molar-refractivity contribution in [2.24, 2.45) is 0 Å². The zero-order chi connectivity index (χ0) is 14.8. The molecule has 5 heteroatoms. The van der Waals surface area contributed by atoms with Gasteiger partial charge in [-0.3, -0.25) is 0 Å². The highest BCUT2D eigenvalue weighted by molar-refractivity contribution is 7.12. The number of likely N-dealkylation sites (tertiary alicyclic amines) is 1. The predicted molar refractivity (Wildman–Crippen MR) is 83.9 cm³/mol. The number of aromatic nitrogens is 1. The molecule has 110 valence electrons. The molecule has 0 bridgehead atoms. The second-order valence-electron chi connectivity index (χ2n) is 5.37. The highest BCUT2D eigenvalue weighted by Crippen LogP contribution is 2.35. The molecular formula is C16H18N2O2S. The molecule has 1 aromatic carbocycles. The SMILES string of the molecule is Cc1sc(C2CCN(C(=O)O)CC2)nc1-c1ccccc1. The molecule has 4 nitrogen and oxygen atoms in total. The van der Waals surface area contributed by atoms with Crippen molar-refractivity contribution < 1.29 is 9.90 Å². The van der Waals surface area contributed by atoms with Gasteiger partial charge in [0.1, 0.15) is 0 Å². The number of carboxylic acid groups (broad SMARTS) is 1. The van der Waals surface area contributed by atoms with Crippen LogP contribution in [0.3, 0.4) is 0 Å². The average Bonchev–Trinajstić information content (AvgIpc) is 2.90. The first kappa shape index (κ1) is 14.1. The van der Waals surface area contributed by atoms with Crippen molar-refractivity contribution in [1.29, 1.82) is 0 Å². The highest BCUT2D eigenvalue weighted by atomic mass is 32.1. The van der Waals surface area contributed by atoms with Crippen molar-refractivity contribution in [1.82, 2.24) is 9.88 Å². The Labute approximate surface area is 128 Å². The second-order valence-corrected chi connectivity index (χ2v) is 6.60. The van der Waals surface area contributed by atoms with Crippen LogP contribution < -0.4 is 0 Å². The lowest BCUT2D eigenvalue weighted by atomic mass is 9.98. The summed E-state index contributed by atoms with van der Waals surface area (Å²) in [5.74, 6) is 0.391. The Bertz CT molecular complexity index is 631. The first-order chi connectivity index (χ1) is 10.1. The molecule has 21 heavy (non-hydrogen) atoms. The van der Waals surface area contributed by atoms with Crippen molar-refractivity contribution in [3.8, 4) is 11.3 Å². The highest BCUT2D eigenvalue weighted by Gasteiger charge is 2.26. The summed E-state index contributed by atoms with van der Waals surface area (Å²) in [5.41, 5.74) is 2.22. The van der Waals surface area contributed by atoms with E-state index < -0.39 is 6.09 Å². The van der Waals surface area contributed by atoms with Gasteiger partial charge in [-0.15, -0.1) is 11.3 Å². The maximum absolute atomic E-state index is 11.0. The number of nitrogens with zero attached hydrogens (tertiary/aromatic N) is 2. The van der Waals surface area contributed by atoms with Crippen molar-refractivity contribution in [3.63, 3.8) is 0 Å². The molecule has 1 N–H and O–H groups in total. The third-order valence-corrected chi connectivity index (χ3v) is 5.11. The molecular weight excluding hydrogens is 284 g/mol. The van der Waals surface area contributed by atoms with E-state index in [0.29, 0.717) is 19.0 Å². The van der Waals surface area contributed by atoms with Gasteiger partial charge in [-0.1, -0.05) is 30.3 Å². The van der Waals surface area contributed by atoms with Crippen molar-refractivity contribution in [3.05, 3.63) is 40.2 Å². The minimum Gasteiger partial charge on any atom is -0.465 e. The summed E-state index contributed by atoms with van der Waals surface area (Å²) in [6.45, 7) is 3.33. The molecule has 1 aliphatic rings. The monoisotopic (exact) mass is 302 g/mol. The second kappa shape index (κ2) is 5.85. The van der Waals surface area contributed by atoms with Gasteiger partial charge in [0.2, 0.25) is 0 Å². The van der Waals surface area contributed by atoms with E-state index in [0.717, 1.165) is 29.1 Å². The Morgan fingerprint density at radius 1 is 1.29 bits per heavy atom. The molecule has 2 aromatic rings. The third-order valence-electron chi connectivity index (χ3n) is 3.98. The summed E-state index contributed by atoms with van der Waals surface area (Å²) in [6.07, 6.45) is 0.926. The van der Waals surface area contributed by atoms with Crippen LogP contribution in [0, 0.1) is 6.92 Å². The van der Waals surface area contributed by atoms with E-state index in [-0.39, 0.29) is 0 Å². The fourth-order valence-corrected chi connectivity index (χ4v) is 3.89. The number of piperidine rings is 1. The number of amides is 1. The Morgan fingerprint density at radius 2 is 1.95 bits per heavy atom. The Balaban J connectivity index is 1.78. The fraction of sp³-hybridized carbons (Fsp3) is 0.375. The van der Waals surface area contributed by atoms with Gasteiger partial charge in [0, 0.05) is 29.4 Å².